The van der Waals surface area contributed by atoms with Crippen LogP contribution in [0.5, 0.6) is 28.7 Å². The van der Waals surface area contributed by atoms with Crippen molar-refractivity contribution in [1.82, 2.24) is 19.9 Å². The number of nitrogens with zero attached hydrogens (tertiary/aromatic N) is 4. The summed E-state index contributed by atoms with van der Waals surface area (Å²) in [5.74, 6) is 5.45. The number of carbonyl (C=O) groups excluding carboxylic acids is 2. The quantitative estimate of drug-likeness (QED) is 0.0303. The van der Waals surface area contributed by atoms with Gasteiger partial charge in [0.1, 0.15) is 29.3 Å². The second-order valence-corrected chi connectivity index (χ2v) is 15.8. The first-order valence-electron chi connectivity index (χ1n) is 24.5. The predicted octanol–water partition coefficient (Wildman–Crippen LogP) is 9.95. The number of fused-ring (bicyclic) bond motifs is 2. The molecule has 0 atom stereocenters. The van der Waals surface area contributed by atoms with Gasteiger partial charge in [-0.3, -0.25) is 4.79 Å². The number of aliphatic hydroxyl groups is 1. The van der Waals surface area contributed by atoms with Gasteiger partial charge in [0.2, 0.25) is 11.7 Å². The molecule has 0 aliphatic heterocycles. The van der Waals surface area contributed by atoms with E-state index in [0.29, 0.717) is 65.0 Å². The minimum atomic E-state index is -0.159. The van der Waals surface area contributed by atoms with Crippen LogP contribution in [-0.4, -0.2) is 100.0 Å². The Bertz CT molecular complexity index is 3050. The van der Waals surface area contributed by atoms with Crippen molar-refractivity contribution < 1.29 is 38.5 Å². The lowest BCUT2D eigenvalue weighted by atomic mass is 10.1. The molecule has 11 N–H and O–H groups in total. The topological polar surface area (TPSA) is 276 Å². The number of amides is 1. The number of methoxy groups -OCH3 is 4. The number of benzene rings is 6. The van der Waals surface area contributed by atoms with Crippen molar-refractivity contribution in [3.8, 4) is 28.7 Å². The van der Waals surface area contributed by atoms with Gasteiger partial charge in [0.05, 0.1) is 57.1 Å². The largest absolute Gasteiger partial charge is 0.497 e. The number of aliphatic hydroxyl groups excluding tert-OH is 1. The molecule has 8 rings (SSSR count). The second-order valence-electron chi connectivity index (χ2n) is 15.8. The van der Waals surface area contributed by atoms with Crippen LogP contribution in [0.2, 0.25) is 0 Å². The number of hydrogen-bond acceptors (Lipinski definition) is 19. The minimum Gasteiger partial charge on any atom is -0.497 e. The van der Waals surface area contributed by atoms with Crippen molar-refractivity contribution in [2.45, 2.75) is 41.0 Å². The number of nitrogens with two attached hydrogens (primary N) is 2. The lowest BCUT2D eigenvalue weighted by molar-refractivity contribution is -0.115. The number of rotatable bonds is 17. The highest BCUT2D eigenvalue weighted by atomic mass is 16.6. The Labute approximate surface area is 451 Å². The van der Waals surface area contributed by atoms with E-state index >= 15 is 0 Å². The summed E-state index contributed by atoms with van der Waals surface area (Å²) in [5, 5.41) is 22.5. The lowest BCUT2D eigenvalue weighted by Gasteiger charge is -2.15. The number of nitrogens with one attached hydrogen (secondary N) is 6. The molecule has 0 aliphatic carbocycles. The zero-order valence-electron chi connectivity index (χ0n) is 46.0. The van der Waals surface area contributed by atoms with Crippen LogP contribution in [0.1, 0.15) is 37.0 Å². The summed E-state index contributed by atoms with van der Waals surface area (Å²) in [7, 11) is 11.1. The predicted molar refractivity (Wildman–Crippen MR) is 312 cm³/mol. The van der Waals surface area contributed by atoms with Crippen LogP contribution in [0.4, 0.5) is 46.0 Å². The number of aldehydes is 1. The van der Waals surface area contributed by atoms with Crippen LogP contribution in [-0.2, 0) is 9.59 Å². The molecule has 0 aliphatic rings. The monoisotopic (exact) mass is 1050 g/mol. The number of anilines is 8. The van der Waals surface area contributed by atoms with Gasteiger partial charge >= 0.3 is 0 Å². The van der Waals surface area contributed by atoms with Crippen molar-refractivity contribution in [2.75, 3.05) is 94.8 Å². The van der Waals surface area contributed by atoms with Crippen LogP contribution in [0.25, 0.3) is 22.1 Å². The van der Waals surface area contributed by atoms with E-state index in [2.05, 4.69) is 42.0 Å². The Morgan fingerprint density at radius 2 is 0.974 bits per heavy atom. The Kier molecular flexibility index (Phi) is 27.3. The average molecular weight is 1060 g/mol. The fourth-order valence-electron chi connectivity index (χ4n) is 6.63. The summed E-state index contributed by atoms with van der Waals surface area (Å²) in [6.07, 6.45) is 1.29. The molecule has 0 fully saturated rings. The fraction of sp³-hybridized carbons (Fsp3) is 0.263. The van der Waals surface area contributed by atoms with Gasteiger partial charge in [-0.2, -0.15) is 0 Å². The Morgan fingerprint density at radius 3 is 1.38 bits per heavy atom. The fourth-order valence-corrected chi connectivity index (χ4v) is 6.63. The molecule has 77 heavy (non-hydrogen) atoms. The molecule has 6 aromatic carbocycles. The first kappa shape index (κ1) is 62.3. The van der Waals surface area contributed by atoms with Crippen molar-refractivity contribution in [3.05, 3.63) is 138 Å². The standard InChI is InChI=1S/C24H25N5O3.C17H18N4O2.C10H14N2O.C3H7NO.C2H6.CH4O/c1-15-9-10-17(14-22(15)25-2)32-29-24-23(27-20-7-5-6-8-21(20)28-24)26-16-11-18(30-3)13-19(12-16)31-4;1-18-16-17(21-15-7-5-4-6-14(15)20-16)19-11-8-12(22-2)10-13(9-11)23-3;1-7-3-4-8(2)9(5-7)12-10(13)6-11;4-2-1-3-5;2*1-2/h5-14,25H,1-4H3,(H,26,27)(H,28,29);4-10H,1-3H3,(H,18,20)(H,19,21);3-5H,6,11H2,1-2H3,(H,12,13);3H,1-2,4H2;1-2H3;2H,1H3. The van der Waals surface area contributed by atoms with Gasteiger partial charge in [-0.1, -0.05) is 56.3 Å². The van der Waals surface area contributed by atoms with Crippen LogP contribution in [0.3, 0.4) is 0 Å². The van der Waals surface area contributed by atoms with Gasteiger partial charge in [0.15, 0.2) is 23.2 Å². The van der Waals surface area contributed by atoms with Gasteiger partial charge < -0.3 is 71.7 Å². The van der Waals surface area contributed by atoms with Gasteiger partial charge in [0.25, 0.3) is 0 Å². The molecule has 0 saturated carbocycles. The molecule has 20 heteroatoms. The van der Waals surface area contributed by atoms with Crippen molar-refractivity contribution >= 4 is 80.3 Å². The van der Waals surface area contributed by atoms with Crippen molar-refractivity contribution in [2.24, 2.45) is 11.5 Å². The molecule has 2 aromatic heterocycles. The molecule has 8 aromatic rings. The number of ether oxygens (including phenoxy) is 4. The van der Waals surface area contributed by atoms with Crippen LogP contribution < -0.4 is 67.3 Å². The summed E-state index contributed by atoms with van der Waals surface area (Å²) in [4.78, 5) is 44.8. The summed E-state index contributed by atoms with van der Waals surface area (Å²) in [6, 6.07) is 38.1. The van der Waals surface area contributed by atoms with E-state index in [4.69, 9.17) is 50.3 Å². The number of carbonyl (C=O) groups is 2. The number of aryl methyl sites for hydroxylation is 3. The Hall–Kier alpha value is -8.98. The molecule has 0 spiro atoms. The van der Waals surface area contributed by atoms with Gasteiger partial charge in [0, 0.05) is 92.8 Å². The smallest absolute Gasteiger partial charge is 0.238 e. The second kappa shape index (κ2) is 33.8. The van der Waals surface area contributed by atoms with E-state index < -0.39 is 0 Å². The van der Waals surface area contributed by atoms with Gasteiger partial charge in [-0.15, -0.1) is 0 Å². The summed E-state index contributed by atoms with van der Waals surface area (Å²) >= 11 is 0. The molecule has 410 valence electrons. The molecule has 0 unspecified atom stereocenters. The average Bonchev–Trinajstić information content (AvgIpc) is 3.47. The molecule has 20 nitrogen and oxygen atoms in total. The normalized spacial score (nSPS) is 9.75. The maximum atomic E-state index is 11.0. The Balaban J connectivity index is 0.000000301. The molecule has 0 radical (unpaired) electrons. The van der Waals surface area contributed by atoms with E-state index in [1.807, 2.05) is 164 Å². The first-order chi connectivity index (χ1) is 37.4. The van der Waals surface area contributed by atoms with Crippen molar-refractivity contribution in [1.29, 1.82) is 0 Å². The van der Waals surface area contributed by atoms with E-state index in [1.54, 1.807) is 34.5 Å². The highest BCUT2D eigenvalue weighted by Gasteiger charge is 2.14. The first-order valence-corrected chi connectivity index (χ1v) is 24.5. The van der Waals surface area contributed by atoms with Crippen molar-refractivity contribution in [3.63, 3.8) is 0 Å². The maximum Gasteiger partial charge on any atom is 0.238 e. The third-order valence-corrected chi connectivity index (χ3v) is 10.5. The zero-order valence-corrected chi connectivity index (χ0v) is 46.0. The number of aromatic nitrogens is 4. The zero-order chi connectivity index (χ0) is 56.7. The van der Waals surface area contributed by atoms with Crippen LogP contribution >= 0.6 is 0 Å². The molecule has 0 saturated heterocycles. The molecule has 1 amide bonds. The third kappa shape index (κ3) is 19.7. The minimum absolute atomic E-state index is 0.0212. The lowest BCUT2D eigenvalue weighted by Crippen LogP contribution is -2.22. The highest BCUT2D eigenvalue weighted by molar-refractivity contribution is 5.93. The molecular weight excluding hydrogens is 981 g/mol. The van der Waals surface area contributed by atoms with Gasteiger partial charge in [-0.05, 0) is 80.4 Å². The van der Waals surface area contributed by atoms with E-state index in [9.17, 15) is 9.59 Å². The third-order valence-electron chi connectivity index (χ3n) is 10.5. The van der Waals surface area contributed by atoms with Crippen LogP contribution in [0.15, 0.2) is 121 Å². The van der Waals surface area contributed by atoms with Crippen LogP contribution in [0, 0.1) is 20.8 Å². The molecule has 0 bridgehead atoms. The van der Waals surface area contributed by atoms with E-state index in [-0.39, 0.29) is 12.5 Å². The summed E-state index contributed by atoms with van der Waals surface area (Å²) in [6.45, 7) is 10.5. The summed E-state index contributed by atoms with van der Waals surface area (Å²) < 4.78 is 21.3. The SMILES string of the molecule is CC.CNc1cc(ONc2nc3ccccc3nc2Nc2cc(OC)cc(OC)c2)ccc1C.CNc1nc2ccccc2nc1Nc1cc(OC)cc(OC)c1.CO.Cc1ccc(C)c(NC(=O)CN)c1.NCCC=O. The Morgan fingerprint density at radius 1 is 0.545 bits per heavy atom. The number of hydrogen-bond donors (Lipinski definition) is 9. The van der Waals surface area contributed by atoms with E-state index in [0.717, 1.165) is 74.9 Å². The van der Waals surface area contributed by atoms with Gasteiger partial charge in [-0.25, -0.2) is 25.4 Å². The molecule has 2 heterocycles. The molecular formula is C57H74N12O8. The highest BCUT2D eigenvalue weighted by Crippen LogP contribution is 2.33. The van der Waals surface area contributed by atoms with E-state index in [1.165, 1.54) is 0 Å². The summed E-state index contributed by atoms with van der Waals surface area (Å²) in [5.41, 5.74) is 22.9. The maximum absolute atomic E-state index is 11.0. The number of para-hydroxylation sites is 4.